The van der Waals surface area contributed by atoms with Crippen LogP contribution < -0.4 is 0 Å². The molecule has 0 fully saturated rings. The first-order valence-corrected chi connectivity index (χ1v) is 5.76. The Morgan fingerprint density at radius 3 is 2.86 bits per heavy atom. The average molecular weight is 270 g/mol. The van der Waals surface area contributed by atoms with Crippen molar-refractivity contribution in [3.8, 4) is 0 Å². The first-order chi connectivity index (χ1) is 6.75. The van der Waals surface area contributed by atoms with Gasteiger partial charge < -0.3 is 0 Å². The molecular formula is C11H7BrFS. The number of halogens is 2. The van der Waals surface area contributed by atoms with Crippen molar-refractivity contribution >= 4 is 27.3 Å². The molecular weight excluding hydrogens is 263 g/mol. The molecule has 0 saturated heterocycles. The summed E-state index contributed by atoms with van der Waals surface area (Å²) < 4.78 is 14.3. The Morgan fingerprint density at radius 1 is 1.36 bits per heavy atom. The maximum Gasteiger partial charge on any atom is 0.134 e. The maximum absolute atomic E-state index is 13.2. The molecule has 0 atom stereocenters. The van der Waals surface area contributed by atoms with Gasteiger partial charge >= 0.3 is 0 Å². The summed E-state index contributed by atoms with van der Waals surface area (Å²) in [5.74, 6) is -0.253. The largest absolute Gasteiger partial charge is 0.206 e. The summed E-state index contributed by atoms with van der Waals surface area (Å²) in [6, 6.07) is 11.7. The lowest BCUT2D eigenvalue weighted by Gasteiger charge is -1.99. The molecule has 0 saturated carbocycles. The number of benzene rings is 1. The molecule has 0 aliphatic rings. The van der Waals surface area contributed by atoms with Crippen molar-refractivity contribution in [3.63, 3.8) is 0 Å². The van der Waals surface area contributed by atoms with Crippen LogP contribution in [0.25, 0.3) is 0 Å². The van der Waals surface area contributed by atoms with Crippen LogP contribution in [-0.4, -0.2) is 0 Å². The van der Waals surface area contributed by atoms with E-state index in [4.69, 9.17) is 0 Å². The summed E-state index contributed by atoms with van der Waals surface area (Å²) in [7, 11) is 0. The summed E-state index contributed by atoms with van der Waals surface area (Å²) in [4.78, 5) is 1.15. The summed E-state index contributed by atoms with van der Waals surface area (Å²) >= 11 is 5.01. The van der Waals surface area contributed by atoms with Crippen LogP contribution in [0.4, 0.5) is 4.39 Å². The minimum atomic E-state index is -0.253. The van der Waals surface area contributed by atoms with Crippen molar-refractivity contribution in [3.05, 3.63) is 56.4 Å². The fourth-order valence-electron chi connectivity index (χ4n) is 1.22. The van der Waals surface area contributed by atoms with E-state index in [0.717, 1.165) is 8.66 Å². The third-order valence-corrected chi connectivity index (χ3v) is 3.50. The summed E-state index contributed by atoms with van der Waals surface area (Å²) in [5, 5.41) is 0. The second kappa shape index (κ2) is 4.24. The van der Waals surface area contributed by atoms with Crippen LogP contribution in [0, 0.1) is 11.9 Å². The second-order valence-corrected chi connectivity index (χ2v) is 5.44. The summed E-state index contributed by atoms with van der Waals surface area (Å²) in [5.41, 5.74) is 0.696. The Kier molecular flexibility index (Phi) is 2.99. The molecule has 0 aliphatic carbocycles. The SMILES string of the molecule is Fc1[c]cccc1Cc1ccc(Br)s1. The van der Waals surface area contributed by atoms with Crippen molar-refractivity contribution in [2.75, 3.05) is 0 Å². The monoisotopic (exact) mass is 269 g/mol. The van der Waals surface area contributed by atoms with Gasteiger partial charge in [-0.05, 0) is 33.6 Å². The van der Waals surface area contributed by atoms with Gasteiger partial charge in [0.25, 0.3) is 0 Å². The minimum absolute atomic E-state index is 0.253. The van der Waals surface area contributed by atoms with Crippen molar-refractivity contribution in [1.82, 2.24) is 0 Å². The van der Waals surface area contributed by atoms with Crippen LogP contribution in [-0.2, 0) is 6.42 Å². The maximum atomic E-state index is 13.2. The molecule has 1 aromatic heterocycles. The molecule has 1 heterocycles. The molecule has 0 spiro atoms. The van der Waals surface area contributed by atoms with Crippen LogP contribution in [0.2, 0.25) is 0 Å². The van der Waals surface area contributed by atoms with E-state index in [1.807, 2.05) is 12.1 Å². The number of hydrogen-bond donors (Lipinski definition) is 0. The predicted molar refractivity (Wildman–Crippen MR) is 60.1 cm³/mol. The summed E-state index contributed by atoms with van der Waals surface area (Å²) in [6.07, 6.45) is 0.638. The van der Waals surface area contributed by atoms with E-state index in [2.05, 4.69) is 22.0 Å². The van der Waals surface area contributed by atoms with Gasteiger partial charge in [-0.3, -0.25) is 0 Å². The van der Waals surface area contributed by atoms with Crippen LogP contribution in [0.3, 0.4) is 0 Å². The van der Waals surface area contributed by atoms with E-state index in [9.17, 15) is 4.39 Å². The highest BCUT2D eigenvalue weighted by atomic mass is 79.9. The van der Waals surface area contributed by atoms with Crippen LogP contribution in [0.5, 0.6) is 0 Å². The van der Waals surface area contributed by atoms with Crippen molar-refractivity contribution in [2.24, 2.45) is 0 Å². The quantitative estimate of drug-likeness (QED) is 0.772. The zero-order valence-electron chi connectivity index (χ0n) is 7.26. The van der Waals surface area contributed by atoms with E-state index in [0.29, 0.717) is 12.0 Å². The molecule has 1 radical (unpaired) electrons. The van der Waals surface area contributed by atoms with Gasteiger partial charge in [0.2, 0.25) is 0 Å². The highest BCUT2D eigenvalue weighted by molar-refractivity contribution is 9.11. The molecule has 0 aliphatic heterocycles. The Balaban J connectivity index is 2.23. The third-order valence-electron chi connectivity index (χ3n) is 1.88. The van der Waals surface area contributed by atoms with Gasteiger partial charge in [0.1, 0.15) is 5.82 Å². The Bertz CT molecular complexity index is 436. The van der Waals surface area contributed by atoms with Crippen LogP contribution >= 0.6 is 27.3 Å². The topological polar surface area (TPSA) is 0 Å². The van der Waals surface area contributed by atoms with E-state index < -0.39 is 0 Å². The van der Waals surface area contributed by atoms with Gasteiger partial charge in [0.15, 0.2) is 0 Å². The Morgan fingerprint density at radius 2 is 2.21 bits per heavy atom. The van der Waals surface area contributed by atoms with Gasteiger partial charge in [-0.1, -0.05) is 18.2 Å². The summed E-state index contributed by atoms with van der Waals surface area (Å²) in [6.45, 7) is 0. The minimum Gasteiger partial charge on any atom is -0.206 e. The molecule has 14 heavy (non-hydrogen) atoms. The molecule has 0 unspecified atom stereocenters. The smallest absolute Gasteiger partial charge is 0.134 e. The number of rotatable bonds is 2. The fraction of sp³-hybridized carbons (Fsp3) is 0.0909. The molecule has 0 nitrogen and oxygen atoms in total. The Labute approximate surface area is 94.5 Å². The zero-order chi connectivity index (χ0) is 9.97. The molecule has 0 amide bonds. The van der Waals surface area contributed by atoms with Crippen LogP contribution in [0.1, 0.15) is 10.4 Å². The standard InChI is InChI=1S/C11H7BrFS/c12-11-6-5-9(14-11)7-8-3-1-2-4-10(8)13/h1-3,5-6H,7H2. The lowest BCUT2D eigenvalue weighted by atomic mass is 10.1. The lowest BCUT2D eigenvalue weighted by molar-refractivity contribution is 0.612. The van der Waals surface area contributed by atoms with E-state index >= 15 is 0 Å². The first kappa shape index (κ1) is 9.87. The third kappa shape index (κ3) is 2.22. The van der Waals surface area contributed by atoms with Gasteiger partial charge in [0, 0.05) is 17.4 Å². The highest BCUT2D eigenvalue weighted by Crippen LogP contribution is 2.24. The molecule has 3 heteroatoms. The fourth-order valence-corrected chi connectivity index (χ4v) is 2.73. The van der Waals surface area contributed by atoms with Gasteiger partial charge in [0.05, 0.1) is 3.79 Å². The molecule has 0 bridgehead atoms. The zero-order valence-corrected chi connectivity index (χ0v) is 9.66. The lowest BCUT2D eigenvalue weighted by Crippen LogP contribution is -1.89. The van der Waals surface area contributed by atoms with E-state index in [1.165, 1.54) is 0 Å². The molecule has 1 aromatic carbocycles. The molecule has 0 N–H and O–H groups in total. The van der Waals surface area contributed by atoms with Crippen LogP contribution in [0.15, 0.2) is 34.1 Å². The predicted octanol–water partition coefficient (Wildman–Crippen LogP) is 4.04. The van der Waals surface area contributed by atoms with E-state index in [-0.39, 0.29) is 5.82 Å². The second-order valence-electron chi connectivity index (χ2n) is 2.89. The normalized spacial score (nSPS) is 10.4. The molecule has 71 valence electrons. The number of hydrogen-bond acceptors (Lipinski definition) is 1. The number of thiophene rings is 1. The van der Waals surface area contributed by atoms with Gasteiger partial charge in [-0.25, -0.2) is 4.39 Å². The van der Waals surface area contributed by atoms with Crippen molar-refractivity contribution in [2.45, 2.75) is 6.42 Å². The van der Waals surface area contributed by atoms with E-state index in [1.54, 1.807) is 29.5 Å². The van der Waals surface area contributed by atoms with Crippen molar-refractivity contribution in [1.29, 1.82) is 0 Å². The van der Waals surface area contributed by atoms with Gasteiger partial charge in [-0.2, -0.15) is 0 Å². The Hall–Kier alpha value is -0.670. The molecule has 2 aromatic rings. The van der Waals surface area contributed by atoms with Gasteiger partial charge in [-0.15, -0.1) is 11.3 Å². The average Bonchev–Trinajstić information content (AvgIpc) is 2.56. The highest BCUT2D eigenvalue weighted by Gasteiger charge is 2.04. The first-order valence-electron chi connectivity index (χ1n) is 4.15. The van der Waals surface area contributed by atoms with Crippen molar-refractivity contribution < 1.29 is 4.39 Å². The molecule has 2 rings (SSSR count).